The molecule has 0 aromatic rings. The first-order chi connectivity index (χ1) is 7.76. The highest BCUT2D eigenvalue weighted by molar-refractivity contribution is 5.86. The van der Waals surface area contributed by atoms with Crippen LogP contribution in [0.25, 0.3) is 0 Å². The third-order valence-electron chi connectivity index (χ3n) is 3.50. The van der Waals surface area contributed by atoms with Crippen molar-refractivity contribution in [1.82, 2.24) is 4.90 Å². The van der Waals surface area contributed by atoms with E-state index in [9.17, 15) is 4.79 Å². The van der Waals surface area contributed by atoms with Crippen LogP contribution < -0.4 is 0 Å². The van der Waals surface area contributed by atoms with Crippen molar-refractivity contribution in [3.63, 3.8) is 0 Å². The van der Waals surface area contributed by atoms with Crippen LogP contribution in [-0.2, 0) is 14.3 Å². The lowest BCUT2D eigenvalue weighted by molar-refractivity contribution is -0.126. The standard InChI is InChI=1S/C12H19NO3/c1-2-11(14)13-6-3-12(16-10-7-13)4-8-15-9-5-12/h2H,1,3-10H2. The third kappa shape index (κ3) is 2.44. The van der Waals surface area contributed by atoms with Crippen molar-refractivity contribution in [3.8, 4) is 0 Å². The molecule has 2 rings (SSSR count). The molecule has 2 aliphatic heterocycles. The van der Waals surface area contributed by atoms with Gasteiger partial charge in [-0.2, -0.15) is 0 Å². The molecule has 0 aliphatic carbocycles. The molecule has 0 unspecified atom stereocenters. The van der Waals surface area contributed by atoms with Crippen LogP contribution in [0.3, 0.4) is 0 Å². The molecule has 1 spiro atoms. The molecule has 0 N–H and O–H groups in total. The number of carbonyl (C=O) groups is 1. The number of hydrogen-bond donors (Lipinski definition) is 0. The van der Waals surface area contributed by atoms with Gasteiger partial charge in [-0.1, -0.05) is 6.58 Å². The Morgan fingerprint density at radius 1 is 1.19 bits per heavy atom. The van der Waals surface area contributed by atoms with Gasteiger partial charge < -0.3 is 14.4 Å². The van der Waals surface area contributed by atoms with Crippen molar-refractivity contribution < 1.29 is 14.3 Å². The zero-order valence-electron chi connectivity index (χ0n) is 9.61. The first-order valence-corrected chi connectivity index (χ1v) is 5.89. The SMILES string of the molecule is C=CC(=O)N1CCOC2(CCOCC2)CC1. The van der Waals surface area contributed by atoms with Crippen LogP contribution in [0.4, 0.5) is 0 Å². The molecule has 2 aliphatic rings. The lowest BCUT2D eigenvalue weighted by Gasteiger charge is -2.35. The van der Waals surface area contributed by atoms with Gasteiger partial charge >= 0.3 is 0 Å². The Morgan fingerprint density at radius 2 is 1.94 bits per heavy atom. The van der Waals surface area contributed by atoms with Crippen molar-refractivity contribution >= 4 is 5.91 Å². The Bertz CT molecular complexity index is 271. The van der Waals surface area contributed by atoms with E-state index in [1.807, 2.05) is 4.90 Å². The molecule has 90 valence electrons. The van der Waals surface area contributed by atoms with Gasteiger partial charge in [-0.15, -0.1) is 0 Å². The molecule has 0 atom stereocenters. The summed E-state index contributed by atoms with van der Waals surface area (Å²) in [6, 6.07) is 0. The minimum absolute atomic E-state index is 0.00714. The molecule has 4 heteroatoms. The van der Waals surface area contributed by atoms with Crippen LogP contribution in [0.2, 0.25) is 0 Å². The zero-order chi connectivity index (χ0) is 11.4. The van der Waals surface area contributed by atoms with E-state index in [1.165, 1.54) is 6.08 Å². The third-order valence-corrected chi connectivity index (χ3v) is 3.50. The summed E-state index contributed by atoms with van der Waals surface area (Å²) in [6.07, 6.45) is 4.18. The number of nitrogens with zero attached hydrogens (tertiary/aromatic N) is 1. The van der Waals surface area contributed by atoms with Crippen molar-refractivity contribution in [2.24, 2.45) is 0 Å². The Hall–Kier alpha value is -0.870. The van der Waals surface area contributed by atoms with Crippen LogP contribution >= 0.6 is 0 Å². The molecule has 2 fully saturated rings. The highest BCUT2D eigenvalue weighted by Crippen LogP contribution is 2.30. The maximum atomic E-state index is 11.5. The number of hydrogen-bond acceptors (Lipinski definition) is 3. The summed E-state index contributed by atoms with van der Waals surface area (Å²) in [4.78, 5) is 13.3. The highest BCUT2D eigenvalue weighted by Gasteiger charge is 2.36. The Balaban J connectivity index is 1.96. The van der Waals surface area contributed by atoms with Gasteiger partial charge in [-0.25, -0.2) is 0 Å². The largest absolute Gasteiger partial charge is 0.381 e. The summed E-state index contributed by atoms with van der Waals surface area (Å²) in [6.45, 7) is 7.13. The van der Waals surface area contributed by atoms with Crippen molar-refractivity contribution in [3.05, 3.63) is 12.7 Å². The Labute approximate surface area is 96.2 Å². The van der Waals surface area contributed by atoms with Gasteiger partial charge in [0.05, 0.1) is 12.2 Å². The quantitative estimate of drug-likeness (QED) is 0.624. The number of rotatable bonds is 1. The van der Waals surface area contributed by atoms with Gasteiger partial charge in [0, 0.05) is 26.3 Å². The van der Waals surface area contributed by atoms with Crippen molar-refractivity contribution in [2.45, 2.75) is 24.9 Å². The summed E-state index contributed by atoms with van der Waals surface area (Å²) in [5.74, 6) is 0.00714. The van der Waals surface area contributed by atoms with E-state index in [0.717, 1.165) is 39.0 Å². The molecule has 2 heterocycles. The van der Waals surface area contributed by atoms with Gasteiger partial charge in [0.15, 0.2) is 0 Å². The van der Waals surface area contributed by atoms with E-state index in [1.54, 1.807) is 0 Å². The van der Waals surface area contributed by atoms with E-state index in [4.69, 9.17) is 9.47 Å². The fourth-order valence-electron chi connectivity index (χ4n) is 2.38. The Morgan fingerprint density at radius 3 is 2.62 bits per heavy atom. The average molecular weight is 225 g/mol. The molecule has 0 aromatic heterocycles. The summed E-state index contributed by atoms with van der Waals surface area (Å²) < 4.78 is 11.3. The second-order valence-electron chi connectivity index (χ2n) is 4.42. The monoisotopic (exact) mass is 225 g/mol. The maximum absolute atomic E-state index is 11.5. The minimum Gasteiger partial charge on any atom is -0.381 e. The molecule has 4 nitrogen and oxygen atoms in total. The van der Waals surface area contributed by atoms with Crippen molar-refractivity contribution in [2.75, 3.05) is 32.9 Å². The lowest BCUT2D eigenvalue weighted by atomic mass is 9.90. The fraction of sp³-hybridized carbons (Fsp3) is 0.750. The first-order valence-electron chi connectivity index (χ1n) is 5.89. The molecule has 1 amide bonds. The first kappa shape index (κ1) is 11.6. The summed E-state index contributed by atoms with van der Waals surface area (Å²) in [5.41, 5.74) is -0.0472. The van der Waals surface area contributed by atoms with Crippen LogP contribution in [0.15, 0.2) is 12.7 Å². The lowest BCUT2D eigenvalue weighted by Crippen LogP contribution is -2.39. The molecule has 0 radical (unpaired) electrons. The molecular formula is C12H19NO3. The van der Waals surface area contributed by atoms with E-state index in [-0.39, 0.29) is 11.5 Å². The van der Waals surface area contributed by atoms with Crippen LogP contribution in [0.1, 0.15) is 19.3 Å². The predicted octanol–water partition coefficient (Wildman–Crippen LogP) is 0.970. The molecule has 2 saturated heterocycles. The second kappa shape index (κ2) is 4.97. The predicted molar refractivity (Wildman–Crippen MR) is 60.1 cm³/mol. The molecule has 0 bridgehead atoms. The fourth-order valence-corrected chi connectivity index (χ4v) is 2.38. The number of ether oxygens (including phenoxy) is 2. The van der Waals surface area contributed by atoms with Gasteiger partial charge in [0.2, 0.25) is 5.91 Å². The van der Waals surface area contributed by atoms with E-state index < -0.39 is 0 Å². The highest BCUT2D eigenvalue weighted by atomic mass is 16.5. The van der Waals surface area contributed by atoms with Crippen LogP contribution in [-0.4, -0.2) is 49.3 Å². The number of carbonyl (C=O) groups excluding carboxylic acids is 1. The molecule has 0 saturated carbocycles. The normalized spacial score (nSPS) is 25.1. The smallest absolute Gasteiger partial charge is 0.246 e. The number of amides is 1. The van der Waals surface area contributed by atoms with Crippen LogP contribution in [0.5, 0.6) is 0 Å². The Kier molecular flexibility index (Phi) is 3.61. The van der Waals surface area contributed by atoms with Crippen LogP contribution in [0, 0.1) is 0 Å². The topological polar surface area (TPSA) is 38.8 Å². The zero-order valence-corrected chi connectivity index (χ0v) is 9.61. The van der Waals surface area contributed by atoms with E-state index in [0.29, 0.717) is 13.2 Å². The van der Waals surface area contributed by atoms with Crippen molar-refractivity contribution in [1.29, 1.82) is 0 Å². The van der Waals surface area contributed by atoms with E-state index >= 15 is 0 Å². The molecule has 16 heavy (non-hydrogen) atoms. The van der Waals surface area contributed by atoms with Gasteiger partial charge in [0.25, 0.3) is 0 Å². The van der Waals surface area contributed by atoms with Gasteiger partial charge in [-0.3, -0.25) is 4.79 Å². The van der Waals surface area contributed by atoms with Gasteiger partial charge in [-0.05, 0) is 25.3 Å². The average Bonchev–Trinajstić information content (AvgIpc) is 2.52. The summed E-state index contributed by atoms with van der Waals surface area (Å²) >= 11 is 0. The summed E-state index contributed by atoms with van der Waals surface area (Å²) in [7, 11) is 0. The minimum atomic E-state index is -0.0472. The molecular weight excluding hydrogens is 206 g/mol. The molecule has 0 aromatic carbocycles. The van der Waals surface area contributed by atoms with Gasteiger partial charge in [0.1, 0.15) is 0 Å². The second-order valence-corrected chi connectivity index (χ2v) is 4.42. The van der Waals surface area contributed by atoms with E-state index in [2.05, 4.69) is 6.58 Å². The maximum Gasteiger partial charge on any atom is 0.246 e. The summed E-state index contributed by atoms with van der Waals surface area (Å²) in [5, 5.41) is 0.